The van der Waals surface area contributed by atoms with Gasteiger partial charge >= 0.3 is 0 Å². The summed E-state index contributed by atoms with van der Waals surface area (Å²) in [4.78, 5) is 13.5. The van der Waals surface area contributed by atoms with E-state index in [-0.39, 0.29) is 0 Å². The molecule has 0 aliphatic heterocycles. The summed E-state index contributed by atoms with van der Waals surface area (Å²) >= 11 is 1.20. The first-order valence-electron chi connectivity index (χ1n) is 8.03. The summed E-state index contributed by atoms with van der Waals surface area (Å²) in [5.41, 5.74) is 2.05. The number of benzene rings is 1. The first kappa shape index (κ1) is 20.5. The van der Waals surface area contributed by atoms with Crippen LogP contribution in [0.5, 0.6) is 10.9 Å². The van der Waals surface area contributed by atoms with Gasteiger partial charge in [0.25, 0.3) is 5.19 Å². The van der Waals surface area contributed by atoms with Gasteiger partial charge in [-0.1, -0.05) is 37.2 Å². The van der Waals surface area contributed by atoms with Crippen LogP contribution in [0.2, 0.25) is 0 Å². The van der Waals surface area contributed by atoms with E-state index in [2.05, 4.69) is 19.5 Å². The van der Waals surface area contributed by atoms with Crippen molar-refractivity contribution in [1.29, 1.82) is 0 Å². The number of aromatic nitrogens is 2. The highest BCUT2D eigenvalue weighted by Crippen LogP contribution is 2.28. The van der Waals surface area contributed by atoms with E-state index in [0.717, 1.165) is 5.56 Å². The molecular weight excluding hydrogens is 336 g/mol. The van der Waals surface area contributed by atoms with E-state index in [1.807, 2.05) is 65.0 Å². The van der Waals surface area contributed by atoms with Gasteiger partial charge in [-0.25, -0.2) is 0 Å². The van der Waals surface area contributed by atoms with Gasteiger partial charge in [0.1, 0.15) is 24.4 Å². The van der Waals surface area contributed by atoms with Gasteiger partial charge in [-0.05, 0) is 32.9 Å². The smallest absolute Gasteiger partial charge is 0.298 e. The summed E-state index contributed by atoms with van der Waals surface area (Å²) in [6, 6.07) is 7.53. The molecule has 2 aromatic rings. The molecule has 0 saturated carbocycles. The number of hydrogen-bond donors (Lipinski definition) is 0. The summed E-state index contributed by atoms with van der Waals surface area (Å²) in [5, 5.41) is 4.59. The molecule has 0 saturated heterocycles. The predicted molar refractivity (Wildman–Crippen MR) is 104 cm³/mol. The van der Waals surface area contributed by atoms with Crippen molar-refractivity contribution >= 4 is 23.5 Å². The molecule has 0 atom stereocenters. The van der Waals surface area contributed by atoms with Crippen LogP contribution >= 0.6 is 11.5 Å². The van der Waals surface area contributed by atoms with Crippen molar-refractivity contribution < 1.29 is 9.57 Å². The molecule has 6 nitrogen and oxygen atoms in total. The third-order valence-electron chi connectivity index (χ3n) is 2.82. The van der Waals surface area contributed by atoms with Crippen molar-refractivity contribution in [3.05, 3.63) is 47.4 Å². The van der Waals surface area contributed by atoms with Crippen molar-refractivity contribution in [2.45, 2.75) is 34.6 Å². The van der Waals surface area contributed by atoms with Crippen molar-refractivity contribution in [3.63, 3.8) is 0 Å². The van der Waals surface area contributed by atoms with Crippen LogP contribution in [0.4, 0.5) is 0 Å². The minimum Gasteiger partial charge on any atom is -0.429 e. The normalized spacial score (nSPS) is 11.9. The van der Waals surface area contributed by atoms with Gasteiger partial charge < -0.3 is 9.57 Å². The molecule has 134 valence electrons. The Morgan fingerprint density at radius 1 is 1.20 bits per heavy atom. The molecule has 1 aromatic heterocycles. The highest BCUT2D eigenvalue weighted by atomic mass is 32.1. The van der Waals surface area contributed by atoms with Gasteiger partial charge in [0, 0.05) is 23.3 Å². The summed E-state index contributed by atoms with van der Waals surface area (Å²) < 4.78 is 9.98. The molecule has 0 aliphatic rings. The summed E-state index contributed by atoms with van der Waals surface area (Å²) in [6.45, 7) is 9.56. The van der Waals surface area contributed by atoms with E-state index in [4.69, 9.17) is 9.57 Å². The van der Waals surface area contributed by atoms with Crippen LogP contribution in [-0.4, -0.2) is 28.4 Å². The SMILES string of the molecule is CC.CC=NC(=C\C)/C(=N/OC)c1ccccc1Oc1nc(C)ns1. The Morgan fingerprint density at radius 3 is 2.48 bits per heavy atom. The van der Waals surface area contributed by atoms with Crippen LogP contribution < -0.4 is 4.74 Å². The van der Waals surface area contributed by atoms with Crippen LogP contribution in [0.15, 0.2) is 46.2 Å². The number of oxime groups is 1. The molecule has 0 N–H and O–H groups in total. The zero-order valence-corrected chi connectivity index (χ0v) is 16.3. The Labute approximate surface area is 153 Å². The Hall–Kier alpha value is -2.54. The fourth-order valence-electron chi connectivity index (χ4n) is 1.90. The lowest BCUT2D eigenvalue weighted by molar-refractivity contribution is 0.213. The molecule has 1 heterocycles. The molecule has 0 unspecified atom stereocenters. The van der Waals surface area contributed by atoms with Gasteiger partial charge in [0.05, 0.1) is 5.70 Å². The average Bonchev–Trinajstić information content (AvgIpc) is 3.05. The van der Waals surface area contributed by atoms with Crippen LogP contribution in [-0.2, 0) is 4.84 Å². The first-order chi connectivity index (χ1) is 12.2. The highest BCUT2D eigenvalue weighted by Gasteiger charge is 2.16. The van der Waals surface area contributed by atoms with Crippen molar-refractivity contribution in [1.82, 2.24) is 9.36 Å². The third-order valence-corrected chi connectivity index (χ3v) is 3.50. The maximum atomic E-state index is 5.86. The van der Waals surface area contributed by atoms with Gasteiger partial charge in [-0.15, -0.1) is 0 Å². The molecule has 0 radical (unpaired) electrons. The maximum Gasteiger partial charge on any atom is 0.298 e. The highest BCUT2D eigenvalue weighted by molar-refractivity contribution is 7.07. The molecule has 0 aliphatic carbocycles. The number of para-hydroxylation sites is 1. The number of allylic oxidation sites excluding steroid dienone is 2. The second kappa shape index (κ2) is 11.1. The molecule has 0 fully saturated rings. The molecule has 2 rings (SSSR count). The standard InChI is InChI=1S/C16H18N4O2S.C2H6/c1-5-13(17-6-2)15(19-21-4)12-9-7-8-10-14(12)22-16-18-11(3)20-23-16;1-2/h5-10H,1-4H3;1-2H3/b13-5-,17-6?,19-15+;. The van der Waals surface area contributed by atoms with E-state index in [0.29, 0.717) is 28.2 Å². The van der Waals surface area contributed by atoms with E-state index >= 15 is 0 Å². The largest absolute Gasteiger partial charge is 0.429 e. The van der Waals surface area contributed by atoms with E-state index < -0.39 is 0 Å². The third kappa shape index (κ3) is 5.79. The number of aliphatic imine (C=N–C) groups is 1. The Kier molecular flexibility index (Phi) is 9.10. The number of hydrogen-bond acceptors (Lipinski definition) is 7. The van der Waals surface area contributed by atoms with E-state index in [9.17, 15) is 0 Å². The molecule has 7 heteroatoms. The lowest BCUT2D eigenvalue weighted by atomic mass is 10.1. The lowest BCUT2D eigenvalue weighted by Crippen LogP contribution is -2.06. The second-order valence-corrected chi connectivity index (χ2v) is 5.10. The zero-order chi connectivity index (χ0) is 18.7. The number of aryl methyl sites for hydroxylation is 1. The van der Waals surface area contributed by atoms with E-state index in [1.54, 1.807) is 6.21 Å². The topological polar surface area (TPSA) is 69.0 Å². The monoisotopic (exact) mass is 360 g/mol. The average molecular weight is 360 g/mol. The molecular formula is C18H24N4O2S. The van der Waals surface area contributed by atoms with Crippen LogP contribution in [0, 0.1) is 6.92 Å². The molecule has 0 amide bonds. The zero-order valence-electron chi connectivity index (χ0n) is 15.5. The molecule has 25 heavy (non-hydrogen) atoms. The molecule has 0 bridgehead atoms. The fourth-order valence-corrected chi connectivity index (χ4v) is 2.45. The number of ether oxygens (including phenoxy) is 1. The second-order valence-electron chi connectivity index (χ2n) is 4.39. The number of rotatable bonds is 6. The number of nitrogens with zero attached hydrogens (tertiary/aromatic N) is 4. The Morgan fingerprint density at radius 2 is 1.92 bits per heavy atom. The summed E-state index contributed by atoms with van der Waals surface area (Å²) in [5.74, 6) is 1.29. The predicted octanol–water partition coefficient (Wildman–Crippen LogP) is 5.01. The first-order valence-corrected chi connectivity index (χ1v) is 8.81. The van der Waals surface area contributed by atoms with Crippen LogP contribution in [0.3, 0.4) is 0 Å². The van der Waals surface area contributed by atoms with Gasteiger partial charge in [0.2, 0.25) is 0 Å². The maximum absolute atomic E-state index is 5.86. The Bertz CT molecular complexity index is 751. The van der Waals surface area contributed by atoms with E-state index in [1.165, 1.54) is 18.6 Å². The van der Waals surface area contributed by atoms with Gasteiger partial charge in [-0.3, -0.25) is 4.99 Å². The van der Waals surface area contributed by atoms with Crippen molar-refractivity contribution in [3.8, 4) is 10.9 Å². The van der Waals surface area contributed by atoms with Crippen LogP contribution in [0.1, 0.15) is 39.1 Å². The summed E-state index contributed by atoms with van der Waals surface area (Å²) in [7, 11) is 1.50. The fraction of sp³-hybridized carbons (Fsp3) is 0.333. The molecule has 1 aromatic carbocycles. The minimum absolute atomic E-state index is 0.479. The van der Waals surface area contributed by atoms with Gasteiger partial charge in [-0.2, -0.15) is 9.36 Å². The minimum atomic E-state index is 0.479. The van der Waals surface area contributed by atoms with Crippen molar-refractivity contribution in [2.75, 3.05) is 7.11 Å². The Balaban J connectivity index is 0.00000151. The quantitative estimate of drug-likeness (QED) is 0.536. The lowest BCUT2D eigenvalue weighted by Gasteiger charge is -2.11. The van der Waals surface area contributed by atoms with Gasteiger partial charge in [0.15, 0.2) is 0 Å². The van der Waals surface area contributed by atoms with Crippen molar-refractivity contribution in [2.24, 2.45) is 10.1 Å². The molecule has 0 spiro atoms. The van der Waals surface area contributed by atoms with Crippen LogP contribution in [0.25, 0.3) is 0 Å². The summed E-state index contributed by atoms with van der Waals surface area (Å²) in [6.07, 6.45) is 3.57.